The van der Waals surface area contributed by atoms with E-state index >= 15 is 0 Å². The van der Waals surface area contributed by atoms with Crippen LogP contribution in [0.25, 0.3) is 6.08 Å². The van der Waals surface area contributed by atoms with E-state index in [9.17, 15) is 10.1 Å². The molecule has 0 N–H and O–H groups in total. The molecular formula is C19H19BrN2O3. The van der Waals surface area contributed by atoms with Crippen molar-refractivity contribution < 1.29 is 9.66 Å². The number of nitrogens with zero attached hydrogens (tertiary/aromatic N) is 2. The third kappa shape index (κ3) is 4.39. The van der Waals surface area contributed by atoms with Crippen molar-refractivity contribution in [3.63, 3.8) is 0 Å². The van der Waals surface area contributed by atoms with Crippen molar-refractivity contribution in [1.82, 2.24) is 4.90 Å². The summed E-state index contributed by atoms with van der Waals surface area (Å²) in [5, 5.41) is 11.7. The van der Waals surface area contributed by atoms with Crippen LogP contribution >= 0.6 is 15.9 Å². The van der Waals surface area contributed by atoms with Gasteiger partial charge in [-0.15, -0.1) is 0 Å². The Morgan fingerprint density at radius 1 is 1.16 bits per heavy atom. The molecule has 1 saturated heterocycles. The van der Waals surface area contributed by atoms with Gasteiger partial charge in [0, 0.05) is 17.6 Å². The Balaban J connectivity index is 1.87. The van der Waals surface area contributed by atoms with Gasteiger partial charge >= 0.3 is 5.69 Å². The summed E-state index contributed by atoms with van der Waals surface area (Å²) in [5.41, 5.74) is 1.48. The molecule has 0 saturated carbocycles. The number of rotatable bonds is 6. The molecule has 6 heteroatoms. The Labute approximate surface area is 155 Å². The van der Waals surface area contributed by atoms with Crippen molar-refractivity contribution >= 4 is 27.7 Å². The van der Waals surface area contributed by atoms with Crippen LogP contribution in [0.4, 0.5) is 5.69 Å². The molecule has 0 bridgehead atoms. The molecule has 1 heterocycles. The molecule has 0 radical (unpaired) electrons. The second-order valence-electron chi connectivity index (χ2n) is 5.90. The lowest BCUT2D eigenvalue weighted by molar-refractivity contribution is -0.386. The highest BCUT2D eigenvalue weighted by atomic mass is 79.9. The van der Waals surface area contributed by atoms with Gasteiger partial charge in [0.2, 0.25) is 0 Å². The summed E-state index contributed by atoms with van der Waals surface area (Å²) in [7, 11) is 0. The van der Waals surface area contributed by atoms with Gasteiger partial charge in [-0.2, -0.15) is 0 Å². The zero-order chi connectivity index (χ0) is 17.6. The Bertz CT molecular complexity index is 772. The molecule has 1 aliphatic heterocycles. The summed E-state index contributed by atoms with van der Waals surface area (Å²) in [6, 6.07) is 13.0. The van der Waals surface area contributed by atoms with Crippen LogP contribution in [0.1, 0.15) is 24.0 Å². The Kier molecular flexibility index (Phi) is 5.71. The summed E-state index contributed by atoms with van der Waals surface area (Å²) >= 11 is 3.43. The largest absolute Gasteiger partial charge is 0.482 e. The molecule has 3 rings (SSSR count). The molecule has 130 valence electrons. The van der Waals surface area contributed by atoms with Crippen molar-refractivity contribution in [2.75, 3.05) is 13.1 Å². The number of hydrogen-bond acceptors (Lipinski definition) is 4. The molecule has 0 aromatic heterocycles. The van der Waals surface area contributed by atoms with Gasteiger partial charge in [-0.1, -0.05) is 30.3 Å². The summed E-state index contributed by atoms with van der Waals surface area (Å²) in [5.74, 6) is 0.276. The highest BCUT2D eigenvalue weighted by molar-refractivity contribution is 9.10. The molecule has 0 aliphatic carbocycles. The molecule has 0 atom stereocenters. The third-order valence-electron chi connectivity index (χ3n) is 4.14. The molecule has 0 amide bonds. The topological polar surface area (TPSA) is 55.6 Å². The minimum atomic E-state index is -0.380. The molecular weight excluding hydrogens is 384 g/mol. The van der Waals surface area contributed by atoms with Gasteiger partial charge in [0.05, 0.1) is 10.5 Å². The second kappa shape index (κ2) is 8.16. The van der Waals surface area contributed by atoms with Crippen LogP contribution in [0.2, 0.25) is 0 Å². The first-order valence-electron chi connectivity index (χ1n) is 8.21. The molecule has 1 fully saturated rings. The number of halogens is 1. The minimum Gasteiger partial charge on any atom is -0.482 e. The zero-order valence-corrected chi connectivity index (χ0v) is 15.3. The van der Waals surface area contributed by atoms with E-state index in [-0.39, 0.29) is 16.4 Å². The van der Waals surface area contributed by atoms with Gasteiger partial charge in [0.25, 0.3) is 0 Å². The fourth-order valence-corrected chi connectivity index (χ4v) is 3.28. The lowest BCUT2D eigenvalue weighted by atomic mass is 10.1. The van der Waals surface area contributed by atoms with Crippen LogP contribution in [0.5, 0.6) is 5.75 Å². The molecule has 5 nitrogen and oxygen atoms in total. The van der Waals surface area contributed by atoms with Gasteiger partial charge in [-0.3, -0.25) is 10.1 Å². The lowest BCUT2D eigenvalue weighted by Crippen LogP contribution is -2.10. The normalized spacial score (nSPS) is 14.2. The van der Waals surface area contributed by atoms with Crippen LogP contribution in [0.3, 0.4) is 0 Å². The average Bonchev–Trinajstić information content (AvgIpc) is 3.13. The summed E-state index contributed by atoms with van der Waals surface area (Å²) in [6.45, 7) is 2.27. The Hall–Kier alpha value is -2.34. The maximum atomic E-state index is 11.7. The van der Waals surface area contributed by atoms with Crippen LogP contribution < -0.4 is 4.74 Å². The molecule has 1 aliphatic rings. The van der Waals surface area contributed by atoms with Crippen molar-refractivity contribution in [3.8, 4) is 5.75 Å². The monoisotopic (exact) mass is 402 g/mol. The highest BCUT2D eigenvalue weighted by Crippen LogP contribution is 2.37. The zero-order valence-electron chi connectivity index (χ0n) is 13.7. The fourth-order valence-electron chi connectivity index (χ4n) is 2.83. The van der Waals surface area contributed by atoms with E-state index in [1.165, 1.54) is 0 Å². The van der Waals surface area contributed by atoms with Crippen LogP contribution in [-0.4, -0.2) is 22.9 Å². The number of ether oxygens (including phenoxy) is 1. The number of likely N-dealkylation sites (tertiary alicyclic amines) is 1. The van der Waals surface area contributed by atoms with Gasteiger partial charge in [0.15, 0.2) is 5.75 Å². The van der Waals surface area contributed by atoms with E-state index in [0.717, 1.165) is 31.5 Å². The number of hydrogen-bond donors (Lipinski definition) is 0. The quantitative estimate of drug-likeness (QED) is 0.503. The van der Waals surface area contributed by atoms with Gasteiger partial charge in [-0.25, -0.2) is 0 Å². The third-order valence-corrected chi connectivity index (χ3v) is 4.83. The number of nitro benzene ring substituents is 1. The standard InChI is InChI=1S/C19H19BrN2O3/c20-17-8-9-18(25-14-15-6-2-1-3-7-15)19(22(23)24)16(17)10-13-21-11-4-5-12-21/h1-3,6-10,13H,4-5,11-12,14H2/b13-10+. The van der Waals surface area contributed by atoms with Crippen molar-refractivity contribution in [2.24, 2.45) is 0 Å². The predicted octanol–water partition coefficient (Wildman–Crippen LogP) is 5.00. The smallest absolute Gasteiger partial charge is 0.319 e. The fraction of sp³-hybridized carbons (Fsp3) is 0.263. The van der Waals surface area contributed by atoms with E-state index in [1.54, 1.807) is 18.2 Å². The highest BCUT2D eigenvalue weighted by Gasteiger charge is 2.22. The maximum absolute atomic E-state index is 11.7. The summed E-state index contributed by atoms with van der Waals surface area (Å²) in [4.78, 5) is 13.5. The van der Waals surface area contributed by atoms with E-state index < -0.39 is 0 Å². The van der Waals surface area contributed by atoms with Crippen LogP contribution in [0.15, 0.2) is 53.1 Å². The number of nitro groups is 1. The Morgan fingerprint density at radius 3 is 2.56 bits per heavy atom. The maximum Gasteiger partial charge on any atom is 0.319 e. The van der Waals surface area contributed by atoms with Gasteiger partial charge < -0.3 is 9.64 Å². The average molecular weight is 403 g/mol. The van der Waals surface area contributed by atoms with Crippen LogP contribution in [-0.2, 0) is 6.61 Å². The first-order chi connectivity index (χ1) is 12.1. The predicted molar refractivity (Wildman–Crippen MR) is 101 cm³/mol. The van der Waals surface area contributed by atoms with E-state index in [4.69, 9.17) is 4.74 Å². The van der Waals surface area contributed by atoms with Crippen molar-refractivity contribution in [3.05, 3.63) is 74.4 Å². The molecule has 0 spiro atoms. The summed E-state index contributed by atoms with van der Waals surface area (Å²) < 4.78 is 6.42. The number of benzene rings is 2. The second-order valence-corrected chi connectivity index (χ2v) is 6.75. The molecule has 25 heavy (non-hydrogen) atoms. The van der Waals surface area contributed by atoms with Gasteiger partial charge in [0.1, 0.15) is 6.61 Å². The SMILES string of the molecule is O=[N+]([O-])c1c(OCc2ccccc2)ccc(Br)c1/C=C/N1CCCC1. The molecule has 0 unspecified atom stereocenters. The Morgan fingerprint density at radius 2 is 1.88 bits per heavy atom. The van der Waals surface area contributed by atoms with Gasteiger partial charge in [-0.05, 0) is 58.7 Å². The van der Waals surface area contributed by atoms with E-state index in [0.29, 0.717) is 16.6 Å². The first kappa shape index (κ1) is 17.5. The van der Waals surface area contributed by atoms with E-state index in [1.807, 2.05) is 36.5 Å². The lowest BCUT2D eigenvalue weighted by Gasteiger charge is -2.12. The van der Waals surface area contributed by atoms with Crippen molar-refractivity contribution in [1.29, 1.82) is 0 Å². The molecule has 2 aromatic rings. The minimum absolute atomic E-state index is 0.0132. The van der Waals surface area contributed by atoms with Crippen molar-refractivity contribution in [2.45, 2.75) is 19.4 Å². The molecule has 2 aromatic carbocycles. The first-order valence-corrected chi connectivity index (χ1v) is 9.00. The van der Waals surface area contributed by atoms with Crippen LogP contribution in [0, 0.1) is 10.1 Å². The van der Waals surface area contributed by atoms with E-state index in [2.05, 4.69) is 20.8 Å². The summed E-state index contributed by atoms with van der Waals surface area (Å²) in [6.07, 6.45) is 6.05.